The number of nitrogens with zero attached hydrogens (tertiary/aromatic N) is 1. The van der Waals surface area contributed by atoms with Gasteiger partial charge in [0.15, 0.2) is 0 Å². The summed E-state index contributed by atoms with van der Waals surface area (Å²) in [5.41, 5.74) is 3.72. The summed E-state index contributed by atoms with van der Waals surface area (Å²) in [6.07, 6.45) is 0. The van der Waals surface area contributed by atoms with E-state index in [1.54, 1.807) is 12.1 Å². The number of anilines is 1. The van der Waals surface area contributed by atoms with Gasteiger partial charge in [0.2, 0.25) is 0 Å². The zero-order chi connectivity index (χ0) is 14.9. The van der Waals surface area contributed by atoms with E-state index in [-0.39, 0.29) is 11.7 Å². The van der Waals surface area contributed by atoms with Crippen molar-refractivity contribution >= 4 is 16.6 Å². The zero-order valence-electron chi connectivity index (χ0n) is 12.0. The van der Waals surface area contributed by atoms with Crippen LogP contribution in [-0.4, -0.2) is 18.6 Å². The second-order valence-corrected chi connectivity index (χ2v) is 4.95. The molecule has 0 spiro atoms. The van der Waals surface area contributed by atoms with E-state index in [4.69, 9.17) is 0 Å². The summed E-state index contributed by atoms with van der Waals surface area (Å²) in [6.45, 7) is 3.29. The maximum atomic E-state index is 12.3. The lowest BCUT2D eigenvalue weighted by atomic mass is 9.96. The fourth-order valence-corrected chi connectivity index (χ4v) is 2.53. The van der Waals surface area contributed by atoms with Crippen LogP contribution in [0.4, 0.5) is 14.5 Å². The molecule has 1 heterocycles. The number of benzene rings is 1. The van der Waals surface area contributed by atoms with Crippen molar-refractivity contribution in [2.24, 2.45) is 0 Å². The molecule has 0 bridgehead atoms. The van der Waals surface area contributed by atoms with E-state index in [0.29, 0.717) is 0 Å². The van der Waals surface area contributed by atoms with Crippen LogP contribution in [0.15, 0.2) is 18.2 Å². The first-order valence-corrected chi connectivity index (χ1v) is 6.50. The second kappa shape index (κ2) is 5.61. The van der Waals surface area contributed by atoms with Gasteiger partial charge in [0, 0.05) is 23.8 Å². The highest BCUT2D eigenvalue weighted by Gasteiger charge is 2.15. The Hall–Kier alpha value is -1.91. The molecule has 0 fully saturated rings. The molecular formula is C15H18F2N2O. The highest BCUT2D eigenvalue weighted by molar-refractivity contribution is 5.94. The van der Waals surface area contributed by atoms with Gasteiger partial charge in [0.05, 0.1) is 5.52 Å². The van der Waals surface area contributed by atoms with Gasteiger partial charge in [-0.15, -0.1) is 0 Å². The third-order valence-electron chi connectivity index (χ3n) is 3.24. The average molecular weight is 280 g/mol. The Morgan fingerprint density at radius 2 is 1.95 bits per heavy atom. The number of aryl methyl sites for hydroxylation is 1. The Morgan fingerprint density at radius 1 is 1.25 bits per heavy atom. The molecule has 5 heteroatoms. The monoisotopic (exact) mass is 280 g/mol. The number of ether oxygens (including phenoxy) is 1. The van der Waals surface area contributed by atoms with Crippen molar-refractivity contribution in [1.82, 2.24) is 4.98 Å². The molecule has 1 aromatic carbocycles. The summed E-state index contributed by atoms with van der Waals surface area (Å²) in [6, 6.07) is 4.81. The number of nitrogens with one attached hydrogen (secondary N) is 1. The smallest absolute Gasteiger partial charge is 0.387 e. The summed E-state index contributed by atoms with van der Waals surface area (Å²) in [7, 11) is 1.82. The second-order valence-electron chi connectivity index (χ2n) is 4.95. The molecule has 3 nitrogen and oxygen atoms in total. The van der Waals surface area contributed by atoms with Crippen molar-refractivity contribution in [1.29, 1.82) is 0 Å². The van der Waals surface area contributed by atoms with Gasteiger partial charge in [-0.25, -0.2) is 0 Å². The molecule has 2 rings (SSSR count). The quantitative estimate of drug-likeness (QED) is 0.906. The standard InChI is InChI=1S/C15H18F2N2O/c1-8(2)13-9(3)19-12-6-5-10(20-15(16)17)7-11(12)14(13)18-4/h5-8,15H,1-4H3,(H,18,19). The lowest BCUT2D eigenvalue weighted by Gasteiger charge is -2.18. The third kappa shape index (κ3) is 2.66. The normalized spacial score (nSPS) is 11.4. The molecule has 0 radical (unpaired) electrons. The van der Waals surface area contributed by atoms with Crippen LogP contribution in [0.25, 0.3) is 10.9 Å². The number of fused-ring (bicyclic) bond motifs is 1. The van der Waals surface area contributed by atoms with Crippen molar-refractivity contribution in [3.63, 3.8) is 0 Å². The molecular weight excluding hydrogens is 262 g/mol. The van der Waals surface area contributed by atoms with E-state index in [1.807, 2.05) is 14.0 Å². The van der Waals surface area contributed by atoms with E-state index in [0.717, 1.165) is 27.8 Å². The van der Waals surface area contributed by atoms with Crippen LogP contribution >= 0.6 is 0 Å². The van der Waals surface area contributed by atoms with Crippen LogP contribution in [0, 0.1) is 6.92 Å². The van der Waals surface area contributed by atoms with Gasteiger partial charge in [0.25, 0.3) is 0 Å². The first-order valence-electron chi connectivity index (χ1n) is 6.50. The predicted octanol–water partition coefficient (Wildman–Crippen LogP) is 4.31. The van der Waals surface area contributed by atoms with Gasteiger partial charge in [-0.05, 0) is 36.6 Å². The fourth-order valence-electron chi connectivity index (χ4n) is 2.53. The molecule has 0 amide bonds. The number of rotatable bonds is 4. The van der Waals surface area contributed by atoms with Gasteiger partial charge < -0.3 is 10.1 Å². The van der Waals surface area contributed by atoms with Crippen LogP contribution in [0.1, 0.15) is 31.0 Å². The van der Waals surface area contributed by atoms with Gasteiger partial charge in [0.1, 0.15) is 5.75 Å². The molecule has 1 N–H and O–H groups in total. The Balaban J connectivity index is 2.68. The van der Waals surface area contributed by atoms with Crippen molar-refractivity contribution in [2.45, 2.75) is 33.3 Å². The Bertz CT molecular complexity index is 627. The molecule has 0 saturated carbocycles. The third-order valence-corrected chi connectivity index (χ3v) is 3.24. The molecule has 1 aromatic heterocycles. The van der Waals surface area contributed by atoms with Crippen LogP contribution in [0.2, 0.25) is 0 Å². The SMILES string of the molecule is CNc1c(C(C)C)c(C)nc2ccc(OC(F)F)cc12. The summed E-state index contributed by atoms with van der Waals surface area (Å²) in [5.74, 6) is 0.429. The van der Waals surface area contributed by atoms with E-state index < -0.39 is 6.61 Å². The number of alkyl halides is 2. The van der Waals surface area contributed by atoms with Crippen molar-refractivity contribution in [2.75, 3.05) is 12.4 Å². The van der Waals surface area contributed by atoms with Crippen molar-refractivity contribution < 1.29 is 13.5 Å². The summed E-state index contributed by atoms with van der Waals surface area (Å²) in [4.78, 5) is 4.54. The van der Waals surface area contributed by atoms with Crippen molar-refractivity contribution in [3.8, 4) is 5.75 Å². The average Bonchev–Trinajstić information content (AvgIpc) is 2.36. The molecule has 0 saturated heterocycles. The van der Waals surface area contributed by atoms with Crippen LogP contribution in [0.5, 0.6) is 5.75 Å². The Labute approximate surface area is 117 Å². The summed E-state index contributed by atoms with van der Waals surface area (Å²) < 4.78 is 29.1. The molecule has 108 valence electrons. The number of hydrogen-bond donors (Lipinski definition) is 1. The van der Waals surface area contributed by atoms with E-state index in [9.17, 15) is 8.78 Å². The molecule has 0 aliphatic carbocycles. The first-order chi connectivity index (χ1) is 9.43. The minimum absolute atomic E-state index is 0.143. The Morgan fingerprint density at radius 3 is 2.50 bits per heavy atom. The van der Waals surface area contributed by atoms with Crippen LogP contribution in [0.3, 0.4) is 0 Å². The van der Waals surface area contributed by atoms with E-state index >= 15 is 0 Å². The van der Waals surface area contributed by atoms with Gasteiger partial charge in [-0.3, -0.25) is 4.98 Å². The van der Waals surface area contributed by atoms with Crippen LogP contribution < -0.4 is 10.1 Å². The number of pyridine rings is 1. The topological polar surface area (TPSA) is 34.2 Å². The molecule has 0 aliphatic heterocycles. The molecule has 20 heavy (non-hydrogen) atoms. The largest absolute Gasteiger partial charge is 0.435 e. The number of hydrogen-bond acceptors (Lipinski definition) is 3. The predicted molar refractivity (Wildman–Crippen MR) is 76.7 cm³/mol. The summed E-state index contributed by atoms with van der Waals surface area (Å²) in [5, 5.41) is 3.95. The number of halogens is 2. The Kier molecular flexibility index (Phi) is 4.06. The van der Waals surface area contributed by atoms with Crippen LogP contribution in [-0.2, 0) is 0 Å². The lowest BCUT2D eigenvalue weighted by Crippen LogP contribution is -2.05. The van der Waals surface area contributed by atoms with E-state index in [1.165, 1.54) is 6.07 Å². The van der Waals surface area contributed by atoms with Crippen molar-refractivity contribution in [3.05, 3.63) is 29.5 Å². The highest BCUT2D eigenvalue weighted by Crippen LogP contribution is 2.35. The minimum Gasteiger partial charge on any atom is -0.435 e. The fraction of sp³-hybridized carbons (Fsp3) is 0.400. The minimum atomic E-state index is -2.83. The van der Waals surface area contributed by atoms with Gasteiger partial charge >= 0.3 is 6.61 Å². The van der Waals surface area contributed by atoms with E-state index in [2.05, 4.69) is 28.9 Å². The maximum Gasteiger partial charge on any atom is 0.387 e. The summed E-state index contributed by atoms with van der Waals surface area (Å²) >= 11 is 0. The number of aromatic nitrogens is 1. The lowest BCUT2D eigenvalue weighted by molar-refractivity contribution is -0.0497. The highest BCUT2D eigenvalue weighted by atomic mass is 19.3. The zero-order valence-corrected chi connectivity index (χ0v) is 12.0. The molecule has 0 aliphatic rings. The van der Waals surface area contributed by atoms with Gasteiger partial charge in [-0.1, -0.05) is 13.8 Å². The molecule has 2 aromatic rings. The molecule has 0 atom stereocenters. The molecule has 0 unspecified atom stereocenters. The first kappa shape index (κ1) is 14.5. The van der Waals surface area contributed by atoms with Gasteiger partial charge in [-0.2, -0.15) is 8.78 Å². The maximum absolute atomic E-state index is 12.3.